The van der Waals surface area contributed by atoms with Crippen molar-refractivity contribution in [3.8, 4) is 0 Å². The van der Waals surface area contributed by atoms with Gasteiger partial charge in [-0.15, -0.1) is 0 Å². The minimum Gasteiger partial charge on any atom is -0.396 e. The van der Waals surface area contributed by atoms with Gasteiger partial charge in [0.05, 0.1) is 6.54 Å². The van der Waals surface area contributed by atoms with Crippen LogP contribution in [0, 0.1) is 0 Å². The predicted molar refractivity (Wildman–Crippen MR) is 72.2 cm³/mol. The first-order chi connectivity index (χ1) is 8.54. The van der Waals surface area contributed by atoms with Crippen molar-refractivity contribution in [2.24, 2.45) is 5.73 Å². The molecule has 1 rings (SSSR count). The van der Waals surface area contributed by atoms with Crippen LogP contribution in [0.2, 0.25) is 0 Å². The van der Waals surface area contributed by atoms with E-state index in [0.29, 0.717) is 25.6 Å². The molecule has 1 heterocycles. The topological polar surface area (TPSA) is 69.8 Å². The highest BCUT2D eigenvalue weighted by atomic mass is 16.3. The van der Waals surface area contributed by atoms with Gasteiger partial charge in [0.2, 0.25) is 5.91 Å². The second-order valence-corrected chi connectivity index (χ2v) is 5.37. The van der Waals surface area contributed by atoms with Gasteiger partial charge in [-0.3, -0.25) is 9.69 Å². The molecular weight excluding hydrogens is 230 g/mol. The maximum Gasteiger partial charge on any atom is 0.236 e. The number of aliphatic hydroxyl groups is 1. The van der Waals surface area contributed by atoms with Crippen LogP contribution >= 0.6 is 0 Å². The Hall–Kier alpha value is -0.650. The Morgan fingerprint density at radius 1 is 1.44 bits per heavy atom. The number of likely N-dealkylation sites (tertiary alicyclic amines) is 1. The Kier molecular flexibility index (Phi) is 6.60. The smallest absolute Gasteiger partial charge is 0.236 e. The Morgan fingerprint density at radius 3 is 2.56 bits per heavy atom. The van der Waals surface area contributed by atoms with E-state index < -0.39 is 0 Å². The summed E-state index contributed by atoms with van der Waals surface area (Å²) in [4.78, 5) is 16.2. The molecular formula is C13H27N3O2. The quantitative estimate of drug-likeness (QED) is 0.704. The van der Waals surface area contributed by atoms with Crippen LogP contribution in [0.5, 0.6) is 0 Å². The highest BCUT2D eigenvalue weighted by Gasteiger charge is 2.22. The van der Waals surface area contributed by atoms with E-state index in [1.54, 1.807) is 0 Å². The van der Waals surface area contributed by atoms with Crippen molar-refractivity contribution < 1.29 is 9.90 Å². The molecule has 0 aromatic heterocycles. The second kappa shape index (κ2) is 7.71. The Balaban J connectivity index is 2.40. The SMILES string of the molecule is CC(C)N(CCCO)C(=O)CN1CCC(N)CC1. The maximum atomic E-state index is 12.2. The summed E-state index contributed by atoms with van der Waals surface area (Å²) < 4.78 is 0. The average molecular weight is 257 g/mol. The molecule has 0 aromatic carbocycles. The van der Waals surface area contributed by atoms with Gasteiger partial charge in [0.15, 0.2) is 0 Å². The summed E-state index contributed by atoms with van der Waals surface area (Å²) in [6.07, 6.45) is 2.60. The minimum atomic E-state index is 0.134. The molecule has 1 amide bonds. The molecule has 0 atom stereocenters. The number of rotatable bonds is 6. The van der Waals surface area contributed by atoms with Crippen LogP contribution in [0.15, 0.2) is 0 Å². The largest absolute Gasteiger partial charge is 0.396 e. The lowest BCUT2D eigenvalue weighted by Crippen LogP contribution is -2.47. The van der Waals surface area contributed by atoms with Crippen molar-refractivity contribution in [2.45, 2.75) is 45.2 Å². The van der Waals surface area contributed by atoms with E-state index >= 15 is 0 Å². The van der Waals surface area contributed by atoms with Crippen LogP contribution in [0.25, 0.3) is 0 Å². The normalized spacial score (nSPS) is 18.3. The van der Waals surface area contributed by atoms with Crippen molar-refractivity contribution in [1.29, 1.82) is 0 Å². The summed E-state index contributed by atoms with van der Waals surface area (Å²) in [5.74, 6) is 0.161. The van der Waals surface area contributed by atoms with E-state index in [-0.39, 0.29) is 18.6 Å². The molecule has 0 saturated carbocycles. The number of hydrogen-bond donors (Lipinski definition) is 2. The van der Waals surface area contributed by atoms with Crippen molar-refractivity contribution in [3.63, 3.8) is 0 Å². The number of hydrogen-bond acceptors (Lipinski definition) is 4. The third-order valence-corrected chi connectivity index (χ3v) is 3.49. The van der Waals surface area contributed by atoms with Gasteiger partial charge in [-0.05, 0) is 33.1 Å². The predicted octanol–water partition coefficient (Wildman–Crippen LogP) is 0.0289. The molecule has 0 radical (unpaired) electrons. The first kappa shape index (κ1) is 15.4. The van der Waals surface area contributed by atoms with Crippen LogP contribution in [0.3, 0.4) is 0 Å². The molecule has 106 valence electrons. The number of amides is 1. The van der Waals surface area contributed by atoms with Gasteiger partial charge in [-0.2, -0.15) is 0 Å². The fourth-order valence-electron chi connectivity index (χ4n) is 2.31. The fraction of sp³-hybridized carbons (Fsp3) is 0.923. The Labute approximate surface area is 110 Å². The lowest BCUT2D eigenvalue weighted by molar-refractivity contribution is -0.134. The molecule has 18 heavy (non-hydrogen) atoms. The number of aliphatic hydroxyl groups excluding tert-OH is 1. The van der Waals surface area contributed by atoms with E-state index in [9.17, 15) is 4.79 Å². The van der Waals surface area contributed by atoms with Crippen LogP contribution in [0.1, 0.15) is 33.1 Å². The van der Waals surface area contributed by atoms with Gasteiger partial charge in [0.25, 0.3) is 0 Å². The monoisotopic (exact) mass is 257 g/mol. The molecule has 5 nitrogen and oxygen atoms in total. The van der Waals surface area contributed by atoms with Crippen LogP contribution < -0.4 is 5.73 Å². The number of nitrogens with two attached hydrogens (primary N) is 1. The van der Waals surface area contributed by atoms with E-state index in [2.05, 4.69) is 4.90 Å². The minimum absolute atomic E-state index is 0.134. The van der Waals surface area contributed by atoms with Crippen LogP contribution in [0.4, 0.5) is 0 Å². The molecule has 5 heteroatoms. The van der Waals surface area contributed by atoms with Gasteiger partial charge in [-0.25, -0.2) is 0 Å². The van der Waals surface area contributed by atoms with Crippen LogP contribution in [-0.2, 0) is 4.79 Å². The maximum absolute atomic E-state index is 12.2. The molecule has 0 spiro atoms. The van der Waals surface area contributed by atoms with E-state index in [0.717, 1.165) is 25.9 Å². The molecule has 0 aromatic rings. The second-order valence-electron chi connectivity index (χ2n) is 5.37. The number of nitrogens with zero attached hydrogens (tertiary/aromatic N) is 2. The van der Waals surface area contributed by atoms with Crippen molar-refractivity contribution in [1.82, 2.24) is 9.80 Å². The molecule has 0 unspecified atom stereocenters. The van der Waals surface area contributed by atoms with Gasteiger partial charge >= 0.3 is 0 Å². The first-order valence-electron chi connectivity index (χ1n) is 6.93. The summed E-state index contributed by atoms with van der Waals surface area (Å²) in [7, 11) is 0. The number of carbonyl (C=O) groups excluding carboxylic acids is 1. The molecule has 0 bridgehead atoms. The summed E-state index contributed by atoms with van der Waals surface area (Å²) in [6.45, 7) is 7.12. The highest BCUT2D eigenvalue weighted by molar-refractivity contribution is 5.78. The zero-order valence-corrected chi connectivity index (χ0v) is 11.6. The molecule has 0 aliphatic carbocycles. The molecule has 1 aliphatic rings. The lowest BCUT2D eigenvalue weighted by atomic mass is 10.1. The molecule has 1 fully saturated rings. The summed E-state index contributed by atoms with van der Waals surface area (Å²) in [6, 6.07) is 0.489. The number of piperidine rings is 1. The zero-order valence-electron chi connectivity index (χ0n) is 11.6. The summed E-state index contributed by atoms with van der Waals surface area (Å²) in [5.41, 5.74) is 5.85. The standard InChI is InChI=1S/C13H27N3O2/c1-11(2)16(6-3-9-17)13(18)10-15-7-4-12(14)5-8-15/h11-12,17H,3-10,14H2,1-2H3. The van der Waals surface area contributed by atoms with Gasteiger partial charge < -0.3 is 15.7 Å². The zero-order chi connectivity index (χ0) is 13.5. The van der Waals surface area contributed by atoms with Crippen LogP contribution in [-0.4, -0.2) is 65.7 Å². The highest BCUT2D eigenvalue weighted by Crippen LogP contribution is 2.09. The summed E-state index contributed by atoms with van der Waals surface area (Å²) in [5, 5.41) is 8.87. The third-order valence-electron chi connectivity index (χ3n) is 3.49. The fourth-order valence-corrected chi connectivity index (χ4v) is 2.31. The first-order valence-corrected chi connectivity index (χ1v) is 6.93. The average Bonchev–Trinajstić information content (AvgIpc) is 2.32. The molecule has 1 aliphatic heterocycles. The van der Waals surface area contributed by atoms with Gasteiger partial charge in [0.1, 0.15) is 0 Å². The van der Waals surface area contributed by atoms with Crippen molar-refractivity contribution in [2.75, 3.05) is 32.8 Å². The van der Waals surface area contributed by atoms with Crippen molar-refractivity contribution >= 4 is 5.91 Å². The molecule has 3 N–H and O–H groups in total. The summed E-state index contributed by atoms with van der Waals surface area (Å²) >= 11 is 0. The Morgan fingerprint density at radius 2 is 2.06 bits per heavy atom. The molecule has 1 saturated heterocycles. The number of carbonyl (C=O) groups is 1. The van der Waals surface area contributed by atoms with E-state index in [4.69, 9.17) is 10.8 Å². The van der Waals surface area contributed by atoms with E-state index in [1.807, 2.05) is 18.7 Å². The lowest BCUT2D eigenvalue weighted by Gasteiger charge is -2.33. The van der Waals surface area contributed by atoms with Gasteiger partial charge in [0, 0.05) is 38.3 Å². The Bertz CT molecular complexity index is 251. The van der Waals surface area contributed by atoms with Crippen molar-refractivity contribution in [3.05, 3.63) is 0 Å². The van der Waals surface area contributed by atoms with Gasteiger partial charge in [-0.1, -0.05) is 0 Å². The third kappa shape index (κ3) is 4.92. The van der Waals surface area contributed by atoms with E-state index in [1.165, 1.54) is 0 Å².